The van der Waals surface area contributed by atoms with Crippen molar-refractivity contribution in [1.29, 1.82) is 0 Å². The van der Waals surface area contributed by atoms with Gasteiger partial charge in [0, 0.05) is 58.5 Å². The maximum atomic E-state index is 7.08. The Kier molecular flexibility index (Phi) is 9.77. The third-order valence-electron chi connectivity index (χ3n) is 8.46. The van der Waals surface area contributed by atoms with Crippen LogP contribution in [0.5, 0.6) is 11.8 Å². The third-order valence-corrected chi connectivity index (χ3v) is 9.27. The largest absolute Gasteiger partial charge is 0.480 e. The molecule has 2 aromatic carbocycles. The lowest BCUT2D eigenvalue weighted by molar-refractivity contribution is 0.386. The Balaban J connectivity index is 1.27. The fraction of sp³-hybridized carbons (Fsp3) is 0.278. The lowest BCUT2D eigenvalue weighted by Crippen LogP contribution is -2.33. The minimum absolute atomic E-state index is 0.366. The van der Waals surface area contributed by atoms with Gasteiger partial charge in [0.2, 0.25) is 11.8 Å². The van der Waals surface area contributed by atoms with Crippen molar-refractivity contribution in [3.05, 3.63) is 106 Å². The van der Waals surface area contributed by atoms with Gasteiger partial charge in [-0.1, -0.05) is 66.2 Å². The molecule has 1 aliphatic heterocycles. The molecule has 1 fully saturated rings. The normalized spacial score (nSPS) is 14.3. The molecule has 1 saturated heterocycles. The first kappa shape index (κ1) is 32.5. The van der Waals surface area contributed by atoms with E-state index in [9.17, 15) is 0 Å². The van der Waals surface area contributed by atoms with Crippen molar-refractivity contribution in [3.8, 4) is 45.4 Å². The minimum Gasteiger partial charge on any atom is -0.480 e. The van der Waals surface area contributed by atoms with Gasteiger partial charge in [0.05, 0.1) is 54.6 Å². The van der Waals surface area contributed by atoms with Crippen molar-refractivity contribution < 1.29 is 9.47 Å². The van der Waals surface area contributed by atoms with E-state index in [-0.39, 0.29) is 0 Å². The van der Waals surface area contributed by atoms with Crippen molar-refractivity contribution in [2.45, 2.75) is 45.8 Å². The Bertz CT molecular complexity index is 1920. The number of methoxy groups -OCH3 is 2. The van der Waals surface area contributed by atoms with Gasteiger partial charge in [-0.3, -0.25) is 9.97 Å². The Morgan fingerprint density at radius 3 is 1.89 bits per heavy atom. The molecule has 242 valence electrons. The number of allylic oxidation sites excluding steroid dienone is 1. The van der Waals surface area contributed by atoms with E-state index in [1.165, 1.54) is 0 Å². The molecule has 1 atom stereocenters. The second-order valence-corrected chi connectivity index (χ2v) is 12.3. The van der Waals surface area contributed by atoms with Crippen molar-refractivity contribution in [2.75, 3.05) is 20.8 Å². The van der Waals surface area contributed by atoms with Gasteiger partial charge in [0.25, 0.3) is 0 Å². The highest BCUT2D eigenvalue weighted by atomic mass is 35.5. The second kappa shape index (κ2) is 14.1. The van der Waals surface area contributed by atoms with Gasteiger partial charge < -0.3 is 24.7 Å². The summed E-state index contributed by atoms with van der Waals surface area (Å²) in [5.74, 6) is 0.891. The molecule has 0 spiro atoms. The summed E-state index contributed by atoms with van der Waals surface area (Å²) < 4.78 is 13.5. The van der Waals surface area contributed by atoms with Gasteiger partial charge in [-0.2, -0.15) is 0 Å². The third kappa shape index (κ3) is 6.83. The van der Waals surface area contributed by atoms with E-state index in [2.05, 4.69) is 52.7 Å². The van der Waals surface area contributed by atoms with Crippen molar-refractivity contribution in [3.63, 3.8) is 0 Å². The molecule has 2 N–H and O–H groups in total. The summed E-state index contributed by atoms with van der Waals surface area (Å²) >= 11 is 14.1. The lowest BCUT2D eigenvalue weighted by atomic mass is 9.98. The van der Waals surface area contributed by atoms with E-state index in [4.69, 9.17) is 47.6 Å². The van der Waals surface area contributed by atoms with Crippen LogP contribution in [-0.4, -0.2) is 51.3 Å². The van der Waals surface area contributed by atoms with Crippen LogP contribution >= 0.6 is 23.2 Å². The molecular weight excluding hydrogens is 633 g/mol. The Morgan fingerprint density at radius 2 is 1.36 bits per heavy atom. The van der Waals surface area contributed by atoms with E-state index in [1.807, 2.05) is 36.4 Å². The number of nitrogens with zero attached hydrogens (tertiary/aromatic N) is 5. The number of nitrogens with one attached hydrogen (secondary N) is 2. The molecule has 0 amide bonds. The molecule has 0 bridgehead atoms. The molecule has 0 aliphatic carbocycles. The van der Waals surface area contributed by atoms with E-state index in [0.29, 0.717) is 63.5 Å². The molecule has 0 radical (unpaired) electrons. The van der Waals surface area contributed by atoms with E-state index in [0.717, 1.165) is 59.0 Å². The van der Waals surface area contributed by atoms with Crippen LogP contribution in [0.4, 0.5) is 0 Å². The summed E-state index contributed by atoms with van der Waals surface area (Å²) in [5.41, 5.74) is 8.95. The SMILES string of the molecule is C=C1CC[C@@H](CNCc2ncc(-c3cccc(-c4cccc(-c5cnc(Cn6c(C)ccc6C)c(OC)n5)c4Cl)c3Cl)nc2OC)N1. The first-order valence-corrected chi connectivity index (χ1v) is 16.2. The van der Waals surface area contributed by atoms with Gasteiger partial charge in [0.1, 0.15) is 11.4 Å². The van der Waals surface area contributed by atoms with Crippen LogP contribution in [0.3, 0.4) is 0 Å². The quantitative estimate of drug-likeness (QED) is 0.150. The molecule has 11 heteroatoms. The fourth-order valence-electron chi connectivity index (χ4n) is 5.88. The number of rotatable bonds is 11. The van der Waals surface area contributed by atoms with Gasteiger partial charge >= 0.3 is 0 Å². The lowest BCUT2D eigenvalue weighted by Gasteiger charge is -2.16. The highest BCUT2D eigenvalue weighted by Crippen LogP contribution is 2.42. The summed E-state index contributed by atoms with van der Waals surface area (Å²) in [7, 11) is 3.19. The minimum atomic E-state index is 0.366. The zero-order valence-electron chi connectivity index (χ0n) is 26.9. The molecule has 5 aromatic rings. The number of ether oxygens (including phenoxy) is 2. The highest BCUT2D eigenvalue weighted by molar-refractivity contribution is 6.39. The standard InChI is InChI=1S/C36H37Cl2N7O2/c1-21-12-15-24(42-21)16-39-17-31-35(46-4)43-29(18-40-31)27-10-6-8-25(33(27)37)26-9-7-11-28(34(26)38)30-19-41-32(36(44-30)47-5)20-45-22(2)13-14-23(45)3/h6-11,13-14,18-19,24,39,42H,1,12,15-17,20H2,2-5H3/t24-/m0/s1. The average Bonchev–Trinajstić information content (AvgIpc) is 3.64. The Hall–Kier alpha value is -4.44. The zero-order chi connectivity index (χ0) is 33.1. The predicted molar refractivity (Wildman–Crippen MR) is 187 cm³/mol. The van der Waals surface area contributed by atoms with Gasteiger partial charge in [-0.25, -0.2) is 9.97 Å². The highest BCUT2D eigenvalue weighted by Gasteiger charge is 2.20. The van der Waals surface area contributed by atoms with Gasteiger partial charge in [-0.15, -0.1) is 0 Å². The van der Waals surface area contributed by atoms with Crippen LogP contribution in [0.2, 0.25) is 10.0 Å². The number of hydrogen-bond acceptors (Lipinski definition) is 8. The van der Waals surface area contributed by atoms with E-state index in [1.54, 1.807) is 26.6 Å². The maximum Gasteiger partial charge on any atom is 0.237 e. The average molecular weight is 671 g/mol. The van der Waals surface area contributed by atoms with Crippen LogP contribution in [-0.2, 0) is 13.1 Å². The van der Waals surface area contributed by atoms with Crippen molar-refractivity contribution in [2.24, 2.45) is 0 Å². The topological polar surface area (TPSA) is 99.0 Å². The number of aromatic nitrogens is 5. The summed E-state index contributed by atoms with van der Waals surface area (Å²) in [6.45, 7) is 10.0. The molecule has 9 nitrogen and oxygen atoms in total. The first-order chi connectivity index (χ1) is 22.8. The molecule has 3 aromatic heterocycles. The maximum absolute atomic E-state index is 7.08. The molecule has 0 saturated carbocycles. The van der Waals surface area contributed by atoms with Crippen molar-refractivity contribution in [1.82, 2.24) is 35.1 Å². The number of benzene rings is 2. The van der Waals surface area contributed by atoms with Crippen molar-refractivity contribution >= 4 is 23.2 Å². The van der Waals surface area contributed by atoms with Crippen LogP contribution in [0.1, 0.15) is 35.6 Å². The van der Waals surface area contributed by atoms with E-state index >= 15 is 0 Å². The summed E-state index contributed by atoms with van der Waals surface area (Å²) in [6, 6.07) is 16.1. The summed E-state index contributed by atoms with van der Waals surface area (Å²) in [6.07, 6.45) is 5.52. The molecule has 4 heterocycles. The van der Waals surface area contributed by atoms with Crippen LogP contribution in [0, 0.1) is 13.8 Å². The Morgan fingerprint density at radius 1 is 0.830 bits per heavy atom. The monoisotopic (exact) mass is 669 g/mol. The van der Waals surface area contributed by atoms with Crippen LogP contribution in [0.25, 0.3) is 33.6 Å². The van der Waals surface area contributed by atoms with E-state index < -0.39 is 0 Å². The number of halogens is 2. The first-order valence-electron chi connectivity index (χ1n) is 15.4. The molecule has 47 heavy (non-hydrogen) atoms. The van der Waals surface area contributed by atoms with Crippen LogP contribution in [0.15, 0.2) is 73.2 Å². The second-order valence-electron chi connectivity index (χ2n) is 11.6. The fourth-order valence-corrected chi connectivity index (χ4v) is 6.53. The Labute approximate surface area is 285 Å². The summed E-state index contributed by atoms with van der Waals surface area (Å²) in [5, 5.41) is 7.84. The number of hydrogen-bond donors (Lipinski definition) is 2. The summed E-state index contributed by atoms with van der Waals surface area (Å²) in [4.78, 5) is 19.0. The van der Waals surface area contributed by atoms with Crippen LogP contribution < -0.4 is 20.1 Å². The molecule has 6 rings (SSSR count). The smallest absolute Gasteiger partial charge is 0.237 e. The molecule has 0 unspecified atom stereocenters. The zero-order valence-corrected chi connectivity index (χ0v) is 28.4. The predicted octanol–water partition coefficient (Wildman–Crippen LogP) is 7.41. The number of aryl methyl sites for hydroxylation is 2. The van der Waals surface area contributed by atoms with Gasteiger partial charge in [-0.05, 0) is 38.8 Å². The molecular formula is C36H37Cl2N7O2. The molecule has 1 aliphatic rings. The van der Waals surface area contributed by atoms with Gasteiger partial charge in [0.15, 0.2) is 0 Å².